The molecule has 2 rings (SSSR count). The molecule has 4 nitrogen and oxygen atoms in total. The van der Waals surface area contributed by atoms with Gasteiger partial charge in [-0.1, -0.05) is 18.2 Å². The SMILES string of the molecule is COc1cc(CNc2ccccc2CO)cc(Br)c1OC. The number of rotatable bonds is 6. The summed E-state index contributed by atoms with van der Waals surface area (Å²) in [5.41, 5.74) is 2.84. The molecule has 0 unspecified atom stereocenters. The van der Waals surface area contributed by atoms with Gasteiger partial charge in [-0.25, -0.2) is 0 Å². The summed E-state index contributed by atoms with van der Waals surface area (Å²) >= 11 is 3.48. The number of aliphatic hydroxyl groups is 1. The minimum atomic E-state index is 0.0127. The van der Waals surface area contributed by atoms with E-state index in [2.05, 4.69) is 21.2 Å². The Hall–Kier alpha value is -1.72. The van der Waals surface area contributed by atoms with Gasteiger partial charge in [0.05, 0.1) is 25.3 Å². The minimum absolute atomic E-state index is 0.0127. The van der Waals surface area contributed by atoms with E-state index in [9.17, 15) is 5.11 Å². The van der Waals surface area contributed by atoms with Crippen molar-refractivity contribution in [1.82, 2.24) is 0 Å². The van der Waals surface area contributed by atoms with Crippen molar-refractivity contribution in [3.8, 4) is 11.5 Å². The van der Waals surface area contributed by atoms with Crippen LogP contribution in [0.4, 0.5) is 5.69 Å². The van der Waals surface area contributed by atoms with Gasteiger partial charge < -0.3 is 19.9 Å². The molecule has 0 aliphatic rings. The lowest BCUT2D eigenvalue weighted by Crippen LogP contribution is -2.03. The Morgan fingerprint density at radius 3 is 2.57 bits per heavy atom. The maximum atomic E-state index is 9.33. The Labute approximate surface area is 132 Å². The molecule has 0 spiro atoms. The van der Waals surface area contributed by atoms with E-state index in [1.807, 2.05) is 36.4 Å². The Morgan fingerprint density at radius 1 is 1.14 bits per heavy atom. The first-order chi connectivity index (χ1) is 10.2. The van der Waals surface area contributed by atoms with Gasteiger partial charge in [0.1, 0.15) is 0 Å². The maximum absolute atomic E-state index is 9.33. The number of nitrogens with one attached hydrogen (secondary N) is 1. The van der Waals surface area contributed by atoms with E-state index in [0.29, 0.717) is 18.0 Å². The standard InChI is InChI=1S/C16H18BrNO3/c1-20-15-8-11(7-13(17)16(15)21-2)9-18-14-6-4-3-5-12(14)10-19/h3-8,18-19H,9-10H2,1-2H3. The first kappa shape index (κ1) is 15.7. The van der Waals surface area contributed by atoms with Crippen LogP contribution in [0.25, 0.3) is 0 Å². The summed E-state index contributed by atoms with van der Waals surface area (Å²) in [6.45, 7) is 0.634. The summed E-state index contributed by atoms with van der Waals surface area (Å²) in [5.74, 6) is 1.36. The number of ether oxygens (including phenoxy) is 2. The van der Waals surface area contributed by atoms with E-state index in [1.54, 1.807) is 14.2 Å². The minimum Gasteiger partial charge on any atom is -0.493 e. The molecule has 0 amide bonds. The number of halogens is 1. The largest absolute Gasteiger partial charge is 0.493 e. The third-order valence-corrected chi connectivity index (χ3v) is 3.75. The van der Waals surface area contributed by atoms with Crippen LogP contribution in [0.5, 0.6) is 11.5 Å². The molecule has 2 aromatic carbocycles. The first-order valence-corrected chi connectivity index (χ1v) is 7.32. The van der Waals surface area contributed by atoms with Crippen LogP contribution in [0, 0.1) is 0 Å². The van der Waals surface area contributed by atoms with Crippen LogP contribution in [-0.4, -0.2) is 19.3 Å². The number of hydrogen-bond acceptors (Lipinski definition) is 4. The van der Waals surface area contributed by atoms with Gasteiger partial charge in [-0.2, -0.15) is 0 Å². The lowest BCUT2D eigenvalue weighted by Gasteiger charge is -2.14. The fourth-order valence-corrected chi connectivity index (χ4v) is 2.75. The van der Waals surface area contributed by atoms with Gasteiger partial charge in [-0.3, -0.25) is 0 Å². The number of hydrogen-bond donors (Lipinski definition) is 2. The van der Waals surface area contributed by atoms with Gasteiger partial charge >= 0.3 is 0 Å². The summed E-state index contributed by atoms with van der Waals surface area (Å²) in [5, 5.41) is 12.6. The van der Waals surface area contributed by atoms with Crippen molar-refractivity contribution in [2.45, 2.75) is 13.2 Å². The highest BCUT2D eigenvalue weighted by Gasteiger charge is 2.10. The van der Waals surface area contributed by atoms with Crippen LogP contribution >= 0.6 is 15.9 Å². The zero-order valence-electron chi connectivity index (χ0n) is 12.0. The molecule has 0 fully saturated rings. The highest BCUT2D eigenvalue weighted by Crippen LogP contribution is 2.36. The number of benzene rings is 2. The molecule has 0 aliphatic heterocycles. The van der Waals surface area contributed by atoms with E-state index in [-0.39, 0.29) is 6.61 Å². The summed E-state index contributed by atoms with van der Waals surface area (Å²) in [7, 11) is 3.22. The molecular weight excluding hydrogens is 334 g/mol. The van der Waals surface area contributed by atoms with E-state index < -0.39 is 0 Å². The third-order valence-electron chi connectivity index (χ3n) is 3.16. The van der Waals surface area contributed by atoms with E-state index in [1.165, 1.54) is 0 Å². The molecule has 0 radical (unpaired) electrons. The highest BCUT2D eigenvalue weighted by molar-refractivity contribution is 9.10. The van der Waals surface area contributed by atoms with Gasteiger partial charge in [0.15, 0.2) is 11.5 Å². The molecule has 0 aliphatic carbocycles. The zero-order chi connectivity index (χ0) is 15.2. The monoisotopic (exact) mass is 351 g/mol. The quantitative estimate of drug-likeness (QED) is 0.835. The fraction of sp³-hybridized carbons (Fsp3) is 0.250. The summed E-state index contributed by atoms with van der Waals surface area (Å²) in [6.07, 6.45) is 0. The Kier molecular flexibility index (Phi) is 5.47. The van der Waals surface area contributed by atoms with Gasteiger partial charge in [0.25, 0.3) is 0 Å². The lowest BCUT2D eigenvalue weighted by molar-refractivity contribution is 0.282. The van der Waals surface area contributed by atoms with E-state index >= 15 is 0 Å². The second-order valence-electron chi connectivity index (χ2n) is 4.48. The topological polar surface area (TPSA) is 50.7 Å². The molecule has 0 saturated carbocycles. The summed E-state index contributed by atoms with van der Waals surface area (Å²) in [6, 6.07) is 11.6. The van der Waals surface area contributed by atoms with Crippen molar-refractivity contribution in [1.29, 1.82) is 0 Å². The molecule has 0 atom stereocenters. The normalized spacial score (nSPS) is 10.3. The van der Waals surface area contributed by atoms with E-state index in [0.717, 1.165) is 21.3 Å². The molecular formula is C16H18BrNO3. The molecule has 0 heterocycles. The zero-order valence-corrected chi connectivity index (χ0v) is 13.6. The van der Waals surface area contributed by atoms with Crippen molar-refractivity contribution < 1.29 is 14.6 Å². The highest BCUT2D eigenvalue weighted by atomic mass is 79.9. The van der Waals surface area contributed by atoms with Gasteiger partial charge in [-0.15, -0.1) is 0 Å². The third kappa shape index (κ3) is 3.68. The maximum Gasteiger partial charge on any atom is 0.174 e. The molecule has 112 valence electrons. The number of aliphatic hydroxyl groups excluding tert-OH is 1. The predicted molar refractivity (Wildman–Crippen MR) is 86.9 cm³/mol. The first-order valence-electron chi connectivity index (χ1n) is 6.52. The van der Waals surface area contributed by atoms with Gasteiger partial charge in [-0.05, 0) is 39.7 Å². The van der Waals surface area contributed by atoms with Crippen molar-refractivity contribution >= 4 is 21.6 Å². The molecule has 0 saturated heterocycles. The van der Waals surface area contributed by atoms with E-state index in [4.69, 9.17) is 9.47 Å². The van der Waals surface area contributed by atoms with Gasteiger partial charge in [0.2, 0.25) is 0 Å². The summed E-state index contributed by atoms with van der Waals surface area (Å²) < 4.78 is 11.5. The van der Waals surface area contributed by atoms with Gasteiger partial charge in [0, 0.05) is 17.8 Å². The lowest BCUT2D eigenvalue weighted by atomic mass is 10.1. The van der Waals surface area contributed by atoms with Crippen LogP contribution in [0.3, 0.4) is 0 Å². The summed E-state index contributed by atoms with van der Waals surface area (Å²) in [4.78, 5) is 0. The Balaban J connectivity index is 2.18. The second kappa shape index (κ2) is 7.33. The van der Waals surface area contributed by atoms with Crippen LogP contribution in [0.1, 0.15) is 11.1 Å². The average Bonchev–Trinajstić information content (AvgIpc) is 2.52. The molecule has 2 N–H and O–H groups in total. The smallest absolute Gasteiger partial charge is 0.174 e. The molecule has 0 aromatic heterocycles. The number of methoxy groups -OCH3 is 2. The van der Waals surface area contributed by atoms with Crippen molar-refractivity contribution in [3.05, 3.63) is 52.0 Å². The Morgan fingerprint density at radius 2 is 1.90 bits per heavy atom. The van der Waals surface area contributed by atoms with Crippen molar-refractivity contribution in [3.63, 3.8) is 0 Å². The number of anilines is 1. The van der Waals surface area contributed by atoms with Crippen LogP contribution in [-0.2, 0) is 13.2 Å². The molecule has 5 heteroatoms. The van der Waals surface area contributed by atoms with Crippen LogP contribution in [0.15, 0.2) is 40.9 Å². The van der Waals surface area contributed by atoms with Crippen molar-refractivity contribution in [2.75, 3.05) is 19.5 Å². The predicted octanol–water partition coefficient (Wildman–Crippen LogP) is 3.57. The number of para-hydroxylation sites is 1. The Bertz CT molecular complexity index is 616. The fourth-order valence-electron chi connectivity index (χ4n) is 2.10. The molecule has 2 aromatic rings. The van der Waals surface area contributed by atoms with Crippen LogP contribution < -0.4 is 14.8 Å². The van der Waals surface area contributed by atoms with Crippen LogP contribution in [0.2, 0.25) is 0 Å². The molecule has 21 heavy (non-hydrogen) atoms. The average molecular weight is 352 g/mol. The second-order valence-corrected chi connectivity index (χ2v) is 5.34. The molecule has 0 bridgehead atoms. The van der Waals surface area contributed by atoms with Crippen molar-refractivity contribution in [2.24, 2.45) is 0 Å².